The van der Waals surface area contributed by atoms with E-state index < -0.39 is 24.5 Å². The predicted octanol–water partition coefficient (Wildman–Crippen LogP) is 7.90. The highest BCUT2D eigenvalue weighted by Crippen LogP contribution is 2.49. The SMILES string of the molecule is COCNCC(=O)N1CCCC1c1ncc(-c2cc(F)c3c(c2)OC(c2ccc(C(F)F)s2)n2c-3cc3cc(-c4cnc(C5CCCN5C(=O)C(NCOC)C(C)C)[nH]4)ccc32)[nH]1. The average molecular weight is 886 g/mol. The number of carbonyl (C=O) groups is 2. The third-order valence-electron chi connectivity index (χ3n) is 12.2. The maximum Gasteiger partial charge on any atom is 0.272 e. The molecule has 2 aromatic carbocycles. The molecule has 14 nitrogen and oxygen atoms in total. The molecule has 3 aliphatic rings. The van der Waals surface area contributed by atoms with Crippen LogP contribution in [0.15, 0.2) is 60.9 Å². The molecule has 4 N–H and O–H groups in total. The minimum atomic E-state index is -2.66. The summed E-state index contributed by atoms with van der Waals surface area (Å²) in [7, 11) is 3.14. The highest BCUT2D eigenvalue weighted by Gasteiger charge is 2.38. The summed E-state index contributed by atoms with van der Waals surface area (Å²) < 4.78 is 63.3. The van der Waals surface area contributed by atoms with Crippen LogP contribution in [0.25, 0.3) is 44.7 Å². The number of imidazole rings is 2. The van der Waals surface area contributed by atoms with Crippen molar-refractivity contribution in [1.29, 1.82) is 0 Å². The second-order valence-electron chi connectivity index (χ2n) is 16.5. The van der Waals surface area contributed by atoms with Gasteiger partial charge >= 0.3 is 0 Å². The zero-order chi connectivity index (χ0) is 43.9. The fraction of sp³-hybridized carbons (Fsp3) is 0.422. The van der Waals surface area contributed by atoms with Crippen LogP contribution in [0.4, 0.5) is 13.2 Å². The van der Waals surface area contributed by atoms with Crippen LogP contribution in [0, 0.1) is 11.7 Å². The van der Waals surface area contributed by atoms with E-state index >= 15 is 4.39 Å². The molecular formula is C45H50F3N9O5S. The van der Waals surface area contributed by atoms with Gasteiger partial charge in [-0.15, -0.1) is 11.3 Å². The number of nitrogens with zero attached hydrogens (tertiary/aromatic N) is 5. The molecule has 7 heterocycles. The van der Waals surface area contributed by atoms with Gasteiger partial charge in [-0.1, -0.05) is 19.9 Å². The van der Waals surface area contributed by atoms with E-state index in [-0.39, 0.29) is 66.0 Å². The number of ether oxygens (including phenoxy) is 3. The number of nitrogens with one attached hydrogen (secondary N) is 4. The van der Waals surface area contributed by atoms with E-state index in [1.165, 1.54) is 12.1 Å². The number of fused-ring (bicyclic) bond motifs is 5. The van der Waals surface area contributed by atoms with Crippen molar-refractivity contribution in [3.8, 4) is 39.5 Å². The number of halogens is 3. The average Bonchev–Trinajstić information content (AvgIpc) is 4.13. The Balaban J connectivity index is 1.04. The normalized spacial score (nSPS) is 19.0. The van der Waals surface area contributed by atoms with Gasteiger partial charge in [0, 0.05) is 43.8 Å². The van der Waals surface area contributed by atoms with E-state index in [9.17, 15) is 18.4 Å². The Bertz CT molecular complexity index is 2620. The summed E-state index contributed by atoms with van der Waals surface area (Å²) in [5, 5.41) is 6.96. The minimum Gasteiger partial charge on any atom is -0.464 e. The minimum absolute atomic E-state index is 0.0107. The van der Waals surface area contributed by atoms with Gasteiger partial charge in [0.25, 0.3) is 6.43 Å². The molecule has 0 bridgehead atoms. The highest BCUT2D eigenvalue weighted by atomic mass is 32.1. The number of amides is 2. The number of hydrogen-bond acceptors (Lipinski definition) is 10. The summed E-state index contributed by atoms with van der Waals surface area (Å²) in [4.78, 5) is 47.1. The Morgan fingerprint density at radius 3 is 2.29 bits per heavy atom. The summed E-state index contributed by atoms with van der Waals surface area (Å²) in [6.45, 7) is 5.90. The lowest BCUT2D eigenvalue weighted by molar-refractivity contribution is -0.136. The Hall–Kier alpha value is -5.53. The third-order valence-corrected chi connectivity index (χ3v) is 13.3. The molecule has 0 radical (unpaired) electrons. The number of aromatic amines is 2. The number of carbonyl (C=O) groups excluding carboxylic acids is 2. The first-order chi connectivity index (χ1) is 30.5. The Kier molecular flexibility index (Phi) is 12.2. The van der Waals surface area contributed by atoms with E-state index in [1.54, 1.807) is 43.6 Å². The zero-order valence-electron chi connectivity index (χ0n) is 35.4. The molecule has 3 aliphatic heterocycles. The van der Waals surface area contributed by atoms with Gasteiger partial charge in [0.1, 0.15) is 23.2 Å². The van der Waals surface area contributed by atoms with E-state index in [2.05, 4.69) is 25.6 Å². The number of benzene rings is 2. The van der Waals surface area contributed by atoms with Gasteiger partial charge in [0.2, 0.25) is 18.0 Å². The fourth-order valence-corrected chi connectivity index (χ4v) is 10.1. The second-order valence-corrected chi connectivity index (χ2v) is 17.7. The molecule has 332 valence electrons. The summed E-state index contributed by atoms with van der Waals surface area (Å²) in [5.74, 6) is 1.02. The molecule has 0 spiro atoms. The van der Waals surface area contributed by atoms with Gasteiger partial charge in [0.05, 0.1) is 88.4 Å². The molecule has 0 saturated carbocycles. The molecule has 9 rings (SSSR count). The highest BCUT2D eigenvalue weighted by molar-refractivity contribution is 7.12. The maximum atomic E-state index is 16.7. The second kappa shape index (κ2) is 17.9. The van der Waals surface area contributed by atoms with Crippen LogP contribution in [0.5, 0.6) is 5.75 Å². The van der Waals surface area contributed by atoms with Crippen LogP contribution < -0.4 is 15.4 Å². The first-order valence-corrected chi connectivity index (χ1v) is 22.0. The number of aromatic nitrogens is 5. The third kappa shape index (κ3) is 8.14. The van der Waals surface area contributed by atoms with E-state index in [4.69, 9.17) is 19.2 Å². The number of thiophene rings is 1. The van der Waals surface area contributed by atoms with Crippen molar-refractivity contribution in [2.75, 3.05) is 47.3 Å². The number of H-pyrrole nitrogens is 2. The van der Waals surface area contributed by atoms with Gasteiger partial charge in [0.15, 0.2) is 0 Å². The van der Waals surface area contributed by atoms with Crippen molar-refractivity contribution in [2.24, 2.45) is 5.92 Å². The number of rotatable bonds is 15. The molecule has 6 aromatic rings. The van der Waals surface area contributed by atoms with Gasteiger partial charge < -0.3 is 34.0 Å². The Morgan fingerprint density at radius 1 is 0.905 bits per heavy atom. The summed E-state index contributed by atoms with van der Waals surface area (Å²) in [6.07, 6.45) is 3.04. The first-order valence-electron chi connectivity index (χ1n) is 21.2. The summed E-state index contributed by atoms with van der Waals surface area (Å²) >= 11 is 0.951. The first kappa shape index (κ1) is 42.8. The Labute approximate surface area is 366 Å². The number of methoxy groups -OCH3 is 2. The van der Waals surface area contributed by atoms with Crippen LogP contribution in [0.1, 0.15) is 85.7 Å². The van der Waals surface area contributed by atoms with Crippen molar-refractivity contribution >= 4 is 34.1 Å². The molecule has 2 amide bonds. The molecule has 2 fully saturated rings. The molecule has 4 unspecified atom stereocenters. The van der Waals surface area contributed by atoms with Crippen LogP contribution in [0.2, 0.25) is 0 Å². The lowest BCUT2D eigenvalue weighted by Crippen LogP contribution is -2.49. The number of hydrogen-bond donors (Lipinski definition) is 4. The van der Waals surface area contributed by atoms with Gasteiger partial charge in [-0.05, 0) is 74.1 Å². The number of likely N-dealkylation sites (tertiary alicyclic amines) is 2. The number of alkyl halides is 2. The van der Waals surface area contributed by atoms with Gasteiger partial charge in [-0.2, -0.15) is 0 Å². The van der Waals surface area contributed by atoms with Crippen LogP contribution >= 0.6 is 11.3 Å². The molecule has 63 heavy (non-hydrogen) atoms. The lowest BCUT2D eigenvalue weighted by Gasteiger charge is -2.30. The van der Waals surface area contributed by atoms with Crippen molar-refractivity contribution < 1.29 is 37.0 Å². The quantitative estimate of drug-likeness (QED) is 0.0595. The standard InChI is InChI=1S/C45H50F3N9O5S/c1-24(2)40(52-23-61-4)44(59)56-14-6-8-33(56)43-50-19-29(53-43)25-9-10-31-27(15-25)17-34-39-28(46)16-26(18-35(39)62-45(57(31)34)37-12-11-36(63-37)41(47)48)30-20-51-42(54-30)32-7-5-13-55(32)38(58)21-49-22-60-3/h9-12,15-20,24,32-33,40-41,45,49,52H,5-8,13-14,21-23H2,1-4H3,(H,50,53)(H,51,54). The van der Waals surface area contributed by atoms with E-state index in [0.29, 0.717) is 46.6 Å². The van der Waals surface area contributed by atoms with E-state index in [0.717, 1.165) is 59.2 Å². The topological polar surface area (TPSA) is 155 Å². The maximum absolute atomic E-state index is 16.7. The largest absolute Gasteiger partial charge is 0.464 e. The monoisotopic (exact) mass is 885 g/mol. The van der Waals surface area contributed by atoms with Crippen molar-refractivity contribution in [3.63, 3.8) is 0 Å². The summed E-state index contributed by atoms with van der Waals surface area (Å²) in [6, 6.07) is 13.1. The smallest absolute Gasteiger partial charge is 0.272 e. The van der Waals surface area contributed by atoms with E-state index in [1.807, 2.05) is 47.6 Å². The predicted molar refractivity (Wildman–Crippen MR) is 231 cm³/mol. The van der Waals surface area contributed by atoms with Gasteiger partial charge in [-0.3, -0.25) is 24.8 Å². The van der Waals surface area contributed by atoms with Gasteiger partial charge in [-0.25, -0.2) is 23.1 Å². The molecule has 18 heteroatoms. The Morgan fingerprint density at radius 2 is 1.60 bits per heavy atom. The van der Waals surface area contributed by atoms with Crippen LogP contribution in [-0.2, 0) is 19.1 Å². The molecule has 4 aromatic heterocycles. The van der Waals surface area contributed by atoms with Crippen molar-refractivity contribution in [1.82, 2.24) is 44.9 Å². The zero-order valence-corrected chi connectivity index (χ0v) is 36.2. The van der Waals surface area contributed by atoms with Crippen molar-refractivity contribution in [2.45, 2.75) is 70.3 Å². The summed E-state index contributed by atoms with van der Waals surface area (Å²) in [5.41, 5.74) is 4.10. The molecule has 2 saturated heterocycles. The van der Waals surface area contributed by atoms with Crippen LogP contribution in [-0.4, -0.2) is 99.5 Å². The fourth-order valence-electron chi connectivity index (χ4n) is 9.20. The molecule has 4 atom stereocenters. The molecule has 0 aliphatic carbocycles. The molecular weight excluding hydrogens is 836 g/mol. The lowest BCUT2D eigenvalue weighted by atomic mass is 10.0. The van der Waals surface area contributed by atoms with Crippen LogP contribution in [0.3, 0.4) is 0 Å². The van der Waals surface area contributed by atoms with Crippen molar-refractivity contribution in [3.05, 3.63) is 88.1 Å².